The molecule has 0 spiro atoms. The molecule has 0 radical (unpaired) electrons. The predicted molar refractivity (Wildman–Crippen MR) is 60.3 cm³/mol. The maximum atomic E-state index is 5.32. The lowest BCUT2D eigenvalue weighted by atomic mass is 10.2. The number of terminal acetylenes is 1. The van der Waals surface area contributed by atoms with Crippen LogP contribution in [0, 0.1) is 12.3 Å². The van der Waals surface area contributed by atoms with Gasteiger partial charge in [-0.2, -0.15) is 0 Å². The van der Waals surface area contributed by atoms with Gasteiger partial charge >= 0.3 is 0 Å². The van der Waals surface area contributed by atoms with Crippen LogP contribution in [0.5, 0.6) is 0 Å². The molecule has 3 heteroatoms. The van der Waals surface area contributed by atoms with Crippen molar-refractivity contribution in [3.05, 3.63) is 48.0 Å². The summed E-state index contributed by atoms with van der Waals surface area (Å²) in [4.78, 5) is 6.96. The Morgan fingerprint density at radius 2 is 2.40 bits per heavy atom. The van der Waals surface area contributed by atoms with Gasteiger partial charge in [-0.05, 0) is 18.2 Å². The number of aromatic nitrogens is 2. The molecule has 0 aliphatic rings. The number of hydrogen-bond donors (Lipinski definition) is 2. The van der Waals surface area contributed by atoms with Crippen LogP contribution in [0.25, 0.3) is 0 Å². The topological polar surface area (TPSA) is 40.7 Å². The summed E-state index contributed by atoms with van der Waals surface area (Å²) in [7, 11) is 0. The van der Waals surface area contributed by atoms with Crippen LogP contribution in [0.2, 0.25) is 0 Å². The molecule has 2 aromatic rings. The third-order valence-corrected chi connectivity index (χ3v) is 2.07. The first-order chi connectivity index (χ1) is 7.38. The van der Waals surface area contributed by atoms with Gasteiger partial charge in [-0.15, -0.1) is 6.42 Å². The van der Waals surface area contributed by atoms with Gasteiger partial charge < -0.3 is 10.3 Å². The number of imidazole rings is 1. The maximum absolute atomic E-state index is 5.32. The van der Waals surface area contributed by atoms with Crippen molar-refractivity contribution in [2.24, 2.45) is 0 Å². The largest absolute Gasteiger partial charge is 0.379 e. The monoisotopic (exact) mass is 197 g/mol. The fraction of sp³-hybridized carbons (Fsp3) is 0.0833. The van der Waals surface area contributed by atoms with E-state index in [0.717, 1.165) is 16.9 Å². The fourth-order valence-electron chi connectivity index (χ4n) is 1.30. The summed E-state index contributed by atoms with van der Waals surface area (Å²) in [5.74, 6) is 2.60. The third kappa shape index (κ3) is 2.38. The van der Waals surface area contributed by atoms with Gasteiger partial charge in [0.2, 0.25) is 0 Å². The quantitative estimate of drug-likeness (QED) is 0.739. The van der Waals surface area contributed by atoms with E-state index in [1.165, 1.54) is 0 Å². The van der Waals surface area contributed by atoms with E-state index in [1.807, 2.05) is 24.3 Å². The Morgan fingerprint density at radius 3 is 3.13 bits per heavy atom. The number of anilines is 1. The van der Waals surface area contributed by atoms with Gasteiger partial charge in [0.25, 0.3) is 0 Å². The lowest BCUT2D eigenvalue weighted by molar-refractivity contribution is 1.07. The van der Waals surface area contributed by atoms with Gasteiger partial charge in [0.05, 0.1) is 18.6 Å². The van der Waals surface area contributed by atoms with Crippen molar-refractivity contribution < 1.29 is 0 Å². The summed E-state index contributed by atoms with van der Waals surface area (Å²) in [5, 5.41) is 3.25. The Morgan fingerprint density at radius 1 is 1.47 bits per heavy atom. The third-order valence-electron chi connectivity index (χ3n) is 2.07. The summed E-state index contributed by atoms with van der Waals surface area (Å²) in [6, 6.07) is 7.76. The molecule has 0 bridgehead atoms. The molecule has 2 rings (SSSR count). The lowest BCUT2D eigenvalue weighted by Gasteiger charge is -2.04. The molecule has 1 heterocycles. The second-order valence-electron chi connectivity index (χ2n) is 3.16. The second-order valence-corrected chi connectivity index (χ2v) is 3.16. The zero-order valence-corrected chi connectivity index (χ0v) is 8.20. The van der Waals surface area contributed by atoms with Gasteiger partial charge in [0, 0.05) is 17.4 Å². The Kier molecular flexibility index (Phi) is 2.70. The highest BCUT2D eigenvalue weighted by molar-refractivity contribution is 5.49. The Labute approximate surface area is 88.6 Å². The van der Waals surface area contributed by atoms with Crippen molar-refractivity contribution in [1.29, 1.82) is 0 Å². The van der Waals surface area contributed by atoms with Crippen LogP contribution in [0.15, 0.2) is 36.8 Å². The number of nitrogens with one attached hydrogen (secondary N) is 2. The van der Waals surface area contributed by atoms with Crippen LogP contribution in [0.3, 0.4) is 0 Å². The minimum Gasteiger partial charge on any atom is -0.379 e. The molecule has 3 nitrogen and oxygen atoms in total. The number of hydrogen-bond acceptors (Lipinski definition) is 2. The Balaban J connectivity index is 2.02. The van der Waals surface area contributed by atoms with Gasteiger partial charge in [-0.3, -0.25) is 0 Å². The summed E-state index contributed by atoms with van der Waals surface area (Å²) < 4.78 is 0. The first kappa shape index (κ1) is 9.35. The van der Waals surface area contributed by atoms with E-state index < -0.39 is 0 Å². The number of H-pyrrole nitrogens is 1. The molecule has 0 fully saturated rings. The Hall–Kier alpha value is -2.21. The molecule has 0 saturated heterocycles. The maximum Gasteiger partial charge on any atom is 0.0922 e. The highest BCUT2D eigenvalue weighted by atomic mass is 14.9. The highest BCUT2D eigenvalue weighted by Crippen LogP contribution is 2.10. The van der Waals surface area contributed by atoms with Gasteiger partial charge in [0.15, 0.2) is 0 Å². The normalized spacial score (nSPS) is 9.53. The average molecular weight is 197 g/mol. The first-order valence-electron chi connectivity index (χ1n) is 4.66. The smallest absolute Gasteiger partial charge is 0.0922 e. The zero-order valence-electron chi connectivity index (χ0n) is 8.20. The molecule has 0 saturated carbocycles. The van der Waals surface area contributed by atoms with Gasteiger partial charge in [0.1, 0.15) is 0 Å². The minimum absolute atomic E-state index is 0.716. The van der Waals surface area contributed by atoms with E-state index in [1.54, 1.807) is 12.5 Å². The molecular formula is C12H11N3. The number of nitrogens with zero attached hydrogens (tertiary/aromatic N) is 1. The van der Waals surface area contributed by atoms with Crippen molar-refractivity contribution in [3.8, 4) is 12.3 Å². The van der Waals surface area contributed by atoms with Crippen LogP contribution in [-0.4, -0.2) is 9.97 Å². The SMILES string of the molecule is C#Cc1cccc(NCc2cnc[nH]2)c1. The fourth-order valence-corrected chi connectivity index (χ4v) is 1.30. The lowest BCUT2D eigenvalue weighted by Crippen LogP contribution is -1.99. The van der Waals surface area contributed by atoms with E-state index in [9.17, 15) is 0 Å². The summed E-state index contributed by atoms with van der Waals surface area (Å²) in [6.07, 6.45) is 8.77. The molecule has 1 aromatic carbocycles. The summed E-state index contributed by atoms with van der Waals surface area (Å²) >= 11 is 0. The van der Waals surface area contributed by atoms with E-state index >= 15 is 0 Å². The molecule has 0 amide bonds. The first-order valence-corrected chi connectivity index (χ1v) is 4.66. The molecule has 15 heavy (non-hydrogen) atoms. The standard InChI is InChI=1S/C12H11N3/c1-2-10-4-3-5-11(6-10)14-8-12-7-13-9-15-12/h1,3-7,9,14H,8H2,(H,13,15). The van der Waals surface area contributed by atoms with E-state index in [-0.39, 0.29) is 0 Å². The van der Waals surface area contributed by atoms with Crippen LogP contribution < -0.4 is 5.32 Å². The molecule has 0 atom stereocenters. The number of benzene rings is 1. The molecule has 0 unspecified atom stereocenters. The molecule has 2 N–H and O–H groups in total. The van der Waals surface area contributed by atoms with Crippen LogP contribution >= 0.6 is 0 Å². The van der Waals surface area contributed by atoms with Crippen molar-refractivity contribution in [3.63, 3.8) is 0 Å². The summed E-state index contributed by atoms with van der Waals surface area (Å²) in [5.41, 5.74) is 2.94. The molecule has 0 aliphatic carbocycles. The second kappa shape index (κ2) is 4.34. The van der Waals surface area contributed by atoms with Crippen molar-refractivity contribution >= 4 is 5.69 Å². The number of aromatic amines is 1. The predicted octanol–water partition coefficient (Wildman–Crippen LogP) is 2.00. The van der Waals surface area contributed by atoms with E-state index in [2.05, 4.69) is 21.2 Å². The van der Waals surface area contributed by atoms with Crippen LogP contribution in [-0.2, 0) is 6.54 Å². The molecule has 1 aromatic heterocycles. The zero-order chi connectivity index (χ0) is 10.5. The minimum atomic E-state index is 0.716. The highest BCUT2D eigenvalue weighted by Gasteiger charge is 1.95. The van der Waals surface area contributed by atoms with Gasteiger partial charge in [-0.25, -0.2) is 4.98 Å². The number of rotatable bonds is 3. The van der Waals surface area contributed by atoms with Crippen molar-refractivity contribution in [2.45, 2.75) is 6.54 Å². The van der Waals surface area contributed by atoms with E-state index in [0.29, 0.717) is 6.54 Å². The van der Waals surface area contributed by atoms with E-state index in [4.69, 9.17) is 6.42 Å². The van der Waals surface area contributed by atoms with Crippen LogP contribution in [0.1, 0.15) is 11.3 Å². The summed E-state index contributed by atoms with van der Waals surface area (Å²) in [6.45, 7) is 0.716. The molecule has 74 valence electrons. The van der Waals surface area contributed by atoms with Gasteiger partial charge in [-0.1, -0.05) is 12.0 Å². The van der Waals surface area contributed by atoms with Crippen LogP contribution in [0.4, 0.5) is 5.69 Å². The van der Waals surface area contributed by atoms with Crippen molar-refractivity contribution in [1.82, 2.24) is 9.97 Å². The van der Waals surface area contributed by atoms with Crippen molar-refractivity contribution in [2.75, 3.05) is 5.32 Å². The molecular weight excluding hydrogens is 186 g/mol. The molecule has 0 aliphatic heterocycles. The average Bonchev–Trinajstić information content (AvgIpc) is 2.79. The Bertz CT molecular complexity index is 466.